The Morgan fingerprint density at radius 1 is 1.15 bits per heavy atom. The van der Waals surface area contributed by atoms with Crippen LogP contribution >= 0.6 is 11.8 Å². The molecule has 0 N–H and O–H groups in total. The minimum Gasteiger partial charge on any atom is -0.465 e. The van der Waals surface area contributed by atoms with Crippen molar-refractivity contribution in [2.45, 2.75) is 12.1 Å². The van der Waals surface area contributed by atoms with Crippen LogP contribution in [0.15, 0.2) is 66.1 Å². The standard InChI is InChI=1S/C19H19N3O3S/c1-2-25-18(24)13-22(15-8-4-3-5-9-15)17(23)14-26-19-20-12-16-10-6-7-11-21(16)19/h3-12H,2,13-14H2,1H3. The Morgan fingerprint density at radius 3 is 2.69 bits per heavy atom. The Balaban J connectivity index is 1.73. The Morgan fingerprint density at radius 2 is 1.92 bits per heavy atom. The summed E-state index contributed by atoms with van der Waals surface area (Å²) in [6, 6.07) is 14.9. The molecule has 0 unspecified atom stereocenters. The molecule has 3 rings (SSSR count). The van der Waals surface area contributed by atoms with Crippen LogP contribution in [-0.4, -0.2) is 40.2 Å². The van der Waals surface area contributed by atoms with E-state index < -0.39 is 5.97 Å². The first kappa shape index (κ1) is 18.0. The van der Waals surface area contributed by atoms with Gasteiger partial charge in [0.15, 0.2) is 5.16 Å². The SMILES string of the molecule is CCOC(=O)CN(C(=O)CSc1ncc2ccccn12)c1ccccc1. The zero-order chi connectivity index (χ0) is 18.4. The fourth-order valence-electron chi connectivity index (χ4n) is 2.50. The summed E-state index contributed by atoms with van der Waals surface area (Å²) in [5.74, 6) is -0.439. The summed E-state index contributed by atoms with van der Waals surface area (Å²) in [4.78, 5) is 30.5. The maximum atomic E-state index is 12.8. The first-order chi connectivity index (χ1) is 12.7. The molecule has 134 valence electrons. The van der Waals surface area contributed by atoms with Crippen molar-refractivity contribution in [3.05, 3.63) is 60.9 Å². The molecule has 0 fully saturated rings. The van der Waals surface area contributed by atoms with Crippen LogP contribution in [0.25, 0.3) is 5.52 Å². The summed E-state index contributed by atoms with van der Waals surface area (Å²) in [5, 5.41) is 0.734. The average molecular weight is 369 g/mol. The van der Waals surface area contributed by atoms with Crippen LogP contribution < -0.4 is 4.90 Å². The van der Waals surface area contributed by atoms with Gasteiger partial charge in [0.05, 0.1) is 24.1 Å². The first-order valence-corrected chi connectivity index (χ1v) is 9.23. The number of pyridine rings is 1. The summed E-state index contributed by atoms with van der Waals surface area (Å²) in [7, 11) is 0. The molecule has 0 saturated carbocycles. The summed E-state index contributed by atoms with van der Waals surface area (Å²) in [5.41, 5.74) is 1.63. The van der Waals surface area contributed by atoms with Gasteiger partial charge in [-0.2, -0.15) is 0 Å². The lowest BCUT2D eigenvalue weighted by Gasteiger charge is -2.21. The number of hydrogen-bond acceptors (Lipinski definition) is 5. The van der Waals surface area contributed by atoms with E-state index in [2.05, 4.69) is 4.98 Å². The predicted octanol–water partition coefficient (Wildman–Crippen LogP) is 3.02. The van der Waals surface area contributed by atoms with Crippen molar-refractivity contribution in [2.24, 2.45) is 0 Å². The second-order valence-corrected chi connectivity index (χ2v) is 6.39. The van der Waals surface area contributed by atoms with Gasteiger partial charge in [0.25, 0.3) is 0 Å². The maximum absolute atomic E-state index is 12.8. The van der Waals surface area contributed by atoms with E-state index in [4.69, 9.17) is 4.74 Å². The number of para-hydroxylation sites is 1. The van der Waals surface area contributed by atoms with Gasteiger partial charge in [0.2, 0.25) is 5.91 Å². The largest absolute Gasteiger partial charge is 0.465 e. The van der Waals surface area contributed by atoms with Crippen molar-refractivity contribution in [1.29, 1.82) is 0 Å². The van der Waals surface area contributed by atoms with Gasteiger partial charge in [-0.1, -0.05) is 36.0 Å². The molecule has 2 aromatic heterocycles. The molecule has 1 amide bonds. The predicted molar refractivity (Wildman–Crippen MR) is 101 cm³/mol. The summed E-state index contributed by atoms with van der Waals surface area (Å²) < 4.78 is 6.92. The van der Waals surface area contributed by atoms with Crippen molar-refractivity contribution < 1.29 is 14.3 Å². The molecule has 2 heterocycles. The Kier molecular flexibility index (Phi) is 5.91. The summed E-state index contributed by atoms with van der Waals surface area (Å²) in [6.07, 6.45) is 3.67. The molecule has 0 aliphatic rings. The van der Waals surface area contributed by atoms with Gasteiger partial charge in [-0.3, -0.25) is 14.0 Å². The maximum Gasteiger partial charge on any atom is 0.326 e. The van der Waals surface area contributed by atoms with Gasteiger partial charge in [-0.25, -0.2) is 4.98 Å². The van der Waals surface area contributed by atoms with E-state index in [0.717, 1.165) is 10.7 Å². The number of thioether (sulfide) groups is 1. The molecule has 0 aliphatic heterocycles. The van der Waals surface area contributed by atoms with Gasteiger partial charge < -0.3 is 9.64 Å². The molecule has 0 spiro atoms. The third-order valence-corrected chi connectivity index (χ3v) is 4.64. The second-order valence-electron chi connectivity index (χ2n) is 5.45. The summed E-state index contributed by atoms with van der Waals surface area (Å²) >= 11 is 1.34. The topological polar surface area (TPSA) is 63.9 Å². The number of fused-ring (bicyclic) bond motifs is 1. The van der Waals surface area contributed by atoms with E-state index in [-0.39, 0.29) is 24.8 Å². The zero-order valence-electron chi connectivity index (χ0n) is 14.4. The van der Waals surface area contributed by atoms with E-state index in [0.29, 0.717) is 5.69 Å². The monoisotopic (exact) mass is 369 g/mol. The van der Waals surface area contributed by atoms with Gasteiger partial charge in [0, 0.05) is 11.9 Å². The van der Waals surface area contributed by atoms with Gasteiger partial charge in [-0.15, -0.1) is 0 Å². The van der Waals surface area contributed by atoms with E-state index >= 15 is 0 Å². The fourth-order valence-corrected chi connectivity index (χ4v) is 3.34. The van der Waals surface area contributed by atoms with E-state index in [1.54, 1.807) is 25.3 Å². The zero-order valence-corrected chi connectivity index (χ0v) is 15.2. The van der Waals surface area contributed by atoms with Crippen molar-refractivity contribution in [3.63, 3.8) is 0 Å². The Hall–Kier alpha value is -2.80. The van der Waals surface area contributed by atoms with Crippen molar-refractivity contribution in [1.82, 2.24) is 9.38 Å². The van der Waals surface area contributed by atoms with Crippen LogP contribution in [0, 0.1) is 0 Å². The van der Waals surface area contributed by atoms with Crippen LogP contribution in [0.5, 0.6) is 0 Å². The number of benzene rings is 1. The Bertz CT molecular complexity index is 895. The number of rotatable bonds is 7. The van der Waals surface area contributed by atoms with Crippen molar-refractivity contribution >= 4 is 34.8 Å². The molecule has 3 aromatic rings. The number of ether oxygens (including phenoxy) is 1. The normalized spacial score (nSPS) is 10.7. The lowest BCUT2D eigenvalue weighted by Crippen LogP contribution is -2.37. The lowest BCUT2D eigenvalue weighted by atomic mass is 10.3. The van der Waals surface area contributed by atoms with Crippen LogP contribution in [0.3, 0.4) is 0 Å². The number of carbonyl (C=O) groups excluding carboxylic acids is 2. The highest BCUT2D eigenvalue weighted by Gasteiger charge is 2.20. The highest BCUT2D eigenvalue weighted by molar-refractivity contribution is 7.99. The fraction of sp³-hybridized carbons (Fsp3) is 0.211. The summed E-state index contributed by atoms with van der Waals surface area (Å²) in [6.45, 7) is 1.91. The number of nitrogens with zero attached hydrogens (tertiary/aromatic N) is 3. The minimum atomic E-state index is -0.430. The molecule has 7 heteroatoms. The number of imidazole rings is 1. The van der Waals surface area contributed by atoms with E-state index in [1.807, 2.05) is 47.0 Å². The molecule has 0 aliphatic carbocycles. The molecular weight excluding hydrogens is 350 g/mol. The van der Waals surface area contributed by atoms with Gasteiger partial charge in [0.1, 0.15) is 6.54 Å². The third-order valence-electron chi connectivity index (χ3n) is 3.69. The molecule has 6 nitrogen and oxygen atoms in total. The van der Waals surface area contributed by atoms with Crippen molar-refractivity contribution in [2.75, 3.05) is 23.8 Å². The highest BCUT2D eigenvalue weighted by Crippen LogP contribution is 2.21. The number of anilines is 1. The van der Waals surface area contributed by atoms with Crippen LogP contribution in [-0.2, 0) is 14.3 Å². The highest BCUT2D eigenvalue weighted by atomic mass is 32.2. The molecule has 1 aromatic carbocycles. The van der Waals surface area contributed by atoms with Gasteiger partial charge in [-0.05, 0) is 31.2 Å². The molecular formula is C19H19N3O3S. The third kappa shape index (κ3) is 4.23. The van der Waals surface area contributed by atoms with Crippen LogP contribution in [0.1, 0.15) is 6.92 Å². The van der Waals surface area contributed by atoms with E-state index in [9.17, 15) is 9.59 Å². The smallest absolute Gasteiger partial charge is 0.326 e. The Labute approximate surface area is 155 Å². The molecule has 26 heavy (non-hydrogen) atoms. The molecule has 0 atom stereocenters. The van der Waals surface area contributed by atoms with Crippen LogP contribution in [0.2, 0.25) is 0 Å². The minimum absolute atomic E-state index is 0.112. The van der Waals surface area contributed by atoms with E-state index in [1.165, 1.54) is 16.7 Å². The molecule has 0 bridgehead atoms. The van der Waals surface area contributed by atoms with Crippen LogP contribution in [0.4, 0.5) is 5.69 Å². The number of hydrogen-bond donors (Lipinski definition) is 0. The number of esters is 1. The number of aromatic nitrogens is 2. The van der Waals surface area contributed by atoms with Gasteiger partial charge >= 0.3 is 5.97 Å². The quantitative estimate of drug-likeness (QED) is 0.473. The molecule has 0 radical (unpaired) electrons. The number of carbonyl (C=O) groups is 2. The number of amides is 1. The first-order valence-electron chi connectivity index (χ1n) is 8.25. The average Bonchev–Trinajstić information content (AvgIpc) is 3.08. The molecule has 0 saturated heterocycles. The lowest BCUT2D eigenvalue weighted by molar-refractivity contribution is -0.142. The van der Waals surface area contributed by atoms with Crippen molar-refractivity contribution in [3.8, 4) is 0 Å². The second kappa shape index (κ2) is 8.53.